The van der Waals surface area contributed by atoms with Crippen LogP contribution in [0, 0.1) is 17.0 Å². The van der Waals surface area contributed by atoms with Gasteiger partial charge in [0.15, 0.2) is 0 Å². The number of halogens is 3. The number of fused-ring (bicyclic) bond motifs is 1. The fraction of sp³-hybridized carbons (Fsp3) is 0.0870. The number of aryl methyl sites for hydroxylation is 1. The summed E-state index contributed by atoms with van der Waals surface area (Å²) < 4.78 is 40.3. The molecule has 0 aliphatic rings. The lowest BCUT2D eigenvalue weighted by Crippen LogP contribution is -2.26. The van der Waals surface area contributed by atoms with Crippen molar-refractivity contribution in [1.82, 2.24) is 4.98 Å². The molecule has 7 nitrogen and oxygen atoms in total. The van der Waals surface area contributed by atoms with Crippen LogP contribution in [0.25, 0.3) is 10.2 Å². The molecule has 0 aliphatic heterocycles. The molecule has 4 aromatic rings. The Morgan fingerprint density at radius 3 is 2.53 bits per heavy atom. The number of aromatic nitrogens is 1. The van der Waals surface area contributed by atoms with Crippen LogP contribution in [-0.4, -0.2) is 22.0 Å². The molecule has 0 radical (unpaired) electrons. The first kappa shape index (κ1) is 23.1. The Hall–Kier alpha value is -4.12. The standard InChI is InChI=1S/C23H15F3N4O3S/c1-14-5-10-19-20(11-14)34-22(28-19)29(27-13-15-6-8-18(9-7-15)30(32)33)21(31)16-3-2-4-17(12-16)23(24,25)26/h2-13H,1H3/b27-13+. The predicted octanol–water partition coefficient (Wildman–Crippen LogP) is 6.21. The fourth-order valence-corrected chi connectivity index (χ4v) is 4.08. The van der Waals surface area contributed by atoms with E-state index in [2.05, 4.69) is 10.1 Å². The van der Waals surface area contributed by atoms with Gasteiger partial charge in [-0.15, -0.1) is 0 Å². The van der Waals surface area contributed by atoms with Crippen molar-refractivity contribution in [2.75, 3.05) is 5.01 Å². The van der Waals surface area contributed by atoms with E-state index in [1.54, 1.807) is 6.07 Å². The molecule has 0 N–H and O–H groups in total. The number of nitro groups is 1. The molecule has 4 rings (SSSR count). The van der Waals surface area contributed by atoms with Gasteiger partial charge in [-0.3, -0.25) is 14.9 Å². The second-order valence-electron chi connectivity index (χ2n) is 7.26. The summed E-state index contributed by atoms with van der Waals surface area (Å²) in [6.07, 6.45) is -3.33. The number of hydrazone groups is 1. The minimum absolute atomic E-state index is 0.115. The van der Waals surface area contributed by atoms with Crippen LogP contribution in [0.4, 0.5) is 24.0 Å². The first-order valence-electron chi connectivity index (χ1n) is 9.79. The number of carbonyl (C=O) groups is 1. The molecular weight excluding hydrogens is 469 g/mol. The van der Waals surface area contributed by atoms with Crippen LogP contribution < -0.4 is 5.01 Å². The largest absolute Gasteiger partial charge is 0.416 e. The summed E-state index contributed by atoms with van der Waals surface area (Å²) in [5.41, 5.74) is 0.745. The minimum Gasteiger partial charge on any atom is -0.267 e. The lowest BCUT2D eigenvalue weighted by Gasteiger charge is -2.15. The summed E-state index contributed by atoms with van der Waals surface area (Å²) in [4.78, 5) is 28.0. The average Bonchev–Trinajstić information content (AvgIpc) is 3.21. The predicted molar refractivity (Wildman–Crippen MR) is 123 cm³/mol. The maximum atomic E-state index is 13.3. The third-order valence-corrected chi connectivity index (χ3v) is 5.76. The monoisotopic (exact) mass is 484 g/mol. The van der Waals surface area contributed by atoms with Crippen molar-refractivity contribution in [3.05, 3.63) is 99.1 Å². The normalized spacial score (nSPS) is 11.8. The number of rotatable bonds is 5. The molecule has 11 heteroatoms. The highest BCUT2D eigenvalue weighted by Crippen LogP contribution is 2.33. The lowest BCUT2D eigenvalue weighted by atomic mass is 10.1. The van der Waals surface area contributed by atoms with E-state index in [9.17, 15) is 28.1 Å². The number of nitrogens with zero attached hydrogens (tertiary/aromatic N) is 4. The Kier molecular flexibility index (Phi) is 6.12. The van der Waals surface area contributed by atoms with Crippen LogP contribution >= 0.6 is 11.3 Å². The fourth-order valence-electron chi connectivity index (χ4n) is 3.06. The zero-order valence-corrected chi connectivity index (χ0v) is 18.3. The summed E-state index contributed by atoms with van der Waals surface area (Å²) >= 11 is 1.16. The van der Waals surface area contributed by atoms with Crippen LogP contribution in [-0.2, 0) is 6.18 Å². The highest BCUT2D eigenvalue weighted by Gasteiger charge is 2.32. The van der Waals surface area contributed by atoms with Crippen molar-refractivity contribution >= 4 is 44.5 Å². The van der Waals surface area contributed by atoms with Crippen LogP contribution in [0.15, 0.2) is 71.8 Å². The van der Waals surface area contributed by atoms with Crippen molar-refractivity contribution < 1.29 is 22.9 Å². The molecule has 0 fully saturated rings. The second kappa shape index (κ2) is 9.02. The second-order valence-corrected chi connectivity index (χ2v) is 8.27. The molecule has 0 spiro atoms. The van der Waals surface area contributed by atoms with Gasteiger partial charge in [0.1, 0.15) is 0 Å². The van der Waals surface area contributed by atoms with Gasteiger partial charge in [0.2, 0.25) is 5.13 Å². The molecular formula is C23H15F3N4O3S. The summed E-state index contributed by atoms with van der Waals surface area (Å²) in [6, 6.07) is 15.0. The molecule has 34 heavy (non-hydrogen) atoms. The molecule has 1 heterocycles. The Labute approximate surface area is 194 Å². The number of hydrogen-bond donors (Lipinski definition) is 0. The van der Waals surface area contributed by atoms with Gasteiger partial charge >= 0.3 is 6.18 Å². The van der Waals surface area contributed by atoms with Crippen molar-refractivity contribution in [3.8, 4) is 0 Å². The molecule has 0 saturated carbocycles. The number of benzene rings is 3. The van der Waals surface area contributed by atoms with E-state index >= 15 is 0 Å². The smallest absolute Gasteiger partial charge is 0.267 e. The molecule has 0 aliphatic carbocycles. The van der Waals surface area contributed by atoms with Gasteiger partial charge in [-0.1, -0.05) is 23.5 Å². The van der Waals surface area contributed by atoms with E-state index in [0.29, 0.717) is 11.1 Å². The van der Waals surface area contributed by atoms with Gasteiger partial charge in [-0.05, 0) is 60.5 Å². The Morgan fingerprint density at radius 2 is 1.85 bits per heavy atom. The SMILES string of the molecule is Cc1ccc2nc(N(/N=C/c3ccc([N+](=O)[O-])cc3)C(=O)c3cccc(C(F)(F)F)c3)sc2c1. The number of hydrogen-bond acceptors (Lipinski definition) is 6. The van der Waals surface area contributed by atoms with Crippen molar-refractivity contribution in [1.29, 1.82) is 0 Å². The number of thiazole rings is 1. The summed E-state index contributed by atoms with van der Waals surface area (Å²) in [6.45, 7) is 1.90. The summed E-state index contributed by atoms with van der Waals surface area (Å²) in [5.74, 6) is -0.806. The van der Waals surface area contributed by atoms with Crippen molar-refractivity contribution in [2.24, 2.45) is 5.10 Å². The summed E-state index contributed by atoms with van der Waals surface area (Å²) in [7, 11) is 0. The van der Waals surface area contributed by atoms with Crippen LogP contribution in [0.5, 0.6) is 0 Å². The quantitative estimate of drug-likeness (QED) is 0.191. The molecule has 0 bridgehead atoms. The van der Waals surface area contributed by atoms with E-state index < -0.39 is 22.6 Å². The minimum atomic E-state index is -4.61. The van der Waals surface area contributed by atoms with Gasteiger partial charge in [-0.2, -0.15) is 23.3 Å². The maximum absolute atomic E-state index is 13.3. The molecule has 1 aromatic heterocycles. The first-order chi connectivity index (χ1) is 16.1. The molecule has 1 amide bonds. The Morgan fingerprint density at radius 1 is 1.12 bits per heavy atom. The number of alkyl halides is 3. The lowest BCUT2D eigenvalue weighted by molar-refractivity contribution is -0.384. The third-order valence-electron chi connectivity index (χ3n) is 4.77. The van der Waals surface area contributed by atoms with E-state index in [4.69, 9.17) is 0 Å². The average molecular weight is 484 g/mol. The van der Waals surface area contributed by atoms with Crippen LogP contribution in [0.2, 0.25) is 0 Å². The Bertz CT molecular complexity index is 1420. The van der Waals surface area contributed by atoms with Crippen molar-refractivity contribution in [3.63, 3.8) is 0 Å². The van der Waals surface area contributed by atoms with Gasteiger partial charge < -0.3 is 0 Å². The van der Waals surface area contributed by atoms with Gasteiger partial charge in [0, 0.05) is 17.7 Å². The summed E-state index contributed by atoms with van der Waals surface area (Å²) in [5, 5.41) is 16.1. The highest BCUT2D eigenvalue weighted by molar-refractivity contribution is 7.22. The van der Waals surface area contributed by atoms with E-state index in [0.717, 1.165) is 44.8 Å². The molecule has 3 aromatic carbocycles. The number of amides is 1. The molecule has 0 unspecified atom stereocenters. The van der Waals surface area contributed by atoms with Gasteiger partial charge in [-0.25, -0.2) is 4.98 Å². The maximum Gasteiger partial charge on any atom is 0.416 e. The number of carbonyl (C=O) groups excluding carboxylic acids is 1. The topological polar surface area (TPSA) is 88.7 Å². The van der Waals surface area contributed by atoms with Gasteiger partial charge in [0.05, 0.1) is 26.9 Å². The number of nitro benzene ring substituents is 1. The van der Waals surface area contributed by atoms with Crippen LogP contribution in [0.1, 0.15) is 27.0 Å². The first-order valence-corrected chi connectivity index (χ1v) is 10.6. The van der Waals surface area contributed by atoms with Crippen LogP contribution in [0.3, 0.4) is 0 Å². The zero-order valence-electron chi connectivity index (χ0n) is 17.5. The van der Waals surface area contributed by atoms with E-state index in [1.165, 1.54) is 36.5 Å². The molecule has 0 saturated heterocycles. The molecule has 172 valence electrons. The van der Waals surface area contributed by atoms with E-state index in [1.807, 2.05) is 19.1 Å². The number of anilines is 1. The molecule has 0 atom stereocenters. The zero-order chi connectivity index (χ0) is 24.5. The van der Waals surface area contributed by atoms with Crippen molar-refractivity contribution in [2.45, 2.75) is 13.1 Å². The number of non-ortho nitro benzene ring substituents is 1. The highest BCUT2D eigenvalue weighted by atomic mass is 32.1. The third kappa shape index (κ3) is 4.94. The Balaban J connectivity index is 1.75. The van der Waals surface area contributed by atoms with E-state index in [-0.39, 0.29) is 16.4 Å². The van der Waals surface area contributed by atoms with Gasteiger partial charge in [0.25, 0.3) is 11.6 Å².